The smallest absolute Gasteiger partial charge is 0.269 e. The van der Waals surface area contributed by atoms with Crippen LogP contribution in [-0.2, 0) is 14.3 Å². The van der Waals surface area contributed by atoms with E-state index in [1.807, 2.05) is 29.5 Å². The number of ether oxygens (including phenoxy) is 1. The number of amides is 2. The number of allylic oxidation sites excluding steroid dienone is 2. The molecule has 4 atom stereocenters. The molecular weight excluding hydrogens is 500 g/mol. The number of benzene rings is 1. The number of hydrogen-bond acceptors (Lipinski definition) is 8. The first-order valence-electron chi connectivity index (χ1n) is 13.6. The van der Waals surface area contributed by atoms with E-state index in [9.17, 15) is 19.7 Å². The number of hydrogen-bond donors (Lipinski definition) is 3. The lowest BCUT2D eigenvalue weighted by Crippen LogP contribution is -2.57. The van der Waals surface area contributed by atoms with Crippen LogP contribution >= 0.6 is 0 Å². The third kappa shape index (κ3) is 5.55. The second-order valence-corrected chi connectivity index (χ2v) is 10.5. The highest BCUT2D eigenvalue weighted by atomic mass is 16.6. The zero-order chi connectivity index (χ0) is 27.5. The van der Waals surface area contributed by atoms with Crippen molar-refractivity contribution < 1.29 is 19.2 Å². The first kappa shape index (κ1) is 26.9. The van der Waals surface area contributed by atoms with Crippen LogP contribution < -0.4 is 16.0 Å². The molecule has 11 heteroatoms. The normalized spacial score (nSPS) is 24.4. The Kier molecular flexibility index (Phi) is 7.99. The number of nitrogens with one attached hydrogen (secondary N) is 3. The Hall–Kier alpha value is -3.70. The standard InChI is InChI=1S/C28H36N6O5/c1-18(29-2)27(35)31-25(20-11-15-39-16-12-20)28(36)33-14-4-6-24(33)23-17-32-13-3-5-22(26(32)30-23)19-7-9-21(10-8-19)34(37)38/h3,5,7-10,13,17-18,20,24-26,29-30H,4,6,11-12,14-16H2,1-2H3,(H,31,35)/t18-,24?,25?,26?/m0/s1. The number of rotatable bonds is 8. The third-order valence-corrected chi connectivity index (χ3v) is 8.15. The van der Waals surface area contributed by atoms with E-state index in [0.717, 1.165) is 42.5 Å². The molecule has 0 aromatic heterocycles. The second kappa shape index (κ2) is 11.6. The number of likely N-dealkylation sites (N-methyl/N-ethyl adjacent to an activating group) is 1. The summed E-state index contributed by atoms with van der Waals surface area (Å²) in [6, 6.07) is 5.42. The van der Waals surface area contributed by atoms with Gasteiger partial charge in [0, 0.05) is 49.9 Å². The molecule has 3 unspecified atom stereocenters. The molecule has 2 amide bonds. The van der Waals surface area contributed by atoms with Gasteiger partial charge in [0.2, 0.25) is 11.8 Å². The molecule has 3 N–H and O–H groups in total. The lowest BCUT2D eigenvalue weighted by molar-refractivity contribution is -0.384. The molecule has 0 radical (unpaired) electrons. The van der Waals surface area contributed by atoms with Crippen molar-refractivity contribution in [1.29, 1.82) is 0 Å². The highest BCUT2D eigenvalue weighted by molar-refractivity contribution is 5.90. The van der Waals surface area contributed by atoms with Crippen molar-refractivity contribution in [2.75, 3.05) is 26.8 Å². The van der Waals surface area contributed by atoms with Crippen molar-refractivity contribution in [3.05, 3.63) is 70.2 Å². The molecule has 2 saturated heterocycles. The Morgan fingerprint density at radius 3 is 2.62 bits per heavy atom. The van der Waals surface area contributed by atoms with Gasteiger partial charge in [-0.1, -0.05) is 6.08 Å². The van der Waals surface area contributed by atoms with Crippen molar-refractivity contribution in [2.45, 2.75) is 56.9 Å². The Labute approximate surface area is 228 Å². The molecule has 4 aliphatic rings. The molecule has 39 heavy (non-hydrogen) atoms. The van der Waals surface area contributed by atoms with Crippen LogP contribution in [0.15, 0.2) is 54.5 Å². The number of likely N-dealkylation sites (tertiary alicyclic amines) is 1. The van der Waals surface area contributed by atoms with E-state index < -0.39 is 17.0 Å². The van der Waals surface area contributed by atoms with Crippen molar-refractivity contribution in [3.8, 4) is 0 Å². The van der Waals surface area contributed by atoms with Crippen LogP contribution in [0.25, 0.3) is 5.57 Å². The average molecular weight is 537 g/mol. The van der Waals surface area contributed by atoms with E-state index in [1.165, 1.54) is 12.1 Å². The van der Waals surface area contributed by atoms with Gasteiger partial charge < -0.3 is 30.5 Å². The Morgan fingerprint density at radius 2 is 1.92 bits per heavy atom. The van der Waals surface area contributed by atoms with Gasteiger partial charge >= 0.3 is 0 Å². The fourth-order valence-corrected chi connectivity index (χ4v) is 5.79. The maximum atomic E-state index is 14.0. The quantitative estimate of drug-likeness (QED) is 0.340. The van der Waals surface area contributed by atoms with Crippen molar-refractivity contribution >= 4 is 23.1 Å². The molecule has 2 fully saturated rings. The van der Waals surface area contributed by atoms with Crippen LogP contribution in [0, 0.1) is 16.0 Å². The van der Waals surface area contributed by atoms with Gasteiger partial charge in [-0.2, -0.15) is 0 Å². The van der Waals surface area contributed by atoms with E-state index in [-0.39, 0.29) is 35.6 Å². The summed E-state index contributed by atoms with van der Waals surface area (Å²) in [7, 11) is 1.73. The largest absolute Gasteiger partial charge is 0.381 e. The van der Waals surface area contributed by atoms with Gasteiger partial charge in [0.1, 0.15) is 12.2 Å². The fraction of sp³-hybridized carbons (Fsp3) is 0.500. The minimum absolute atomic E-state index is 0.0250. The number of nitro groups is 1. The summed E-state index contributed by atoms with van der Waals surface area (Å²) in [6.07, 6.45) is 11.0. The number of fused-ring (bicyclic) bond motifs is 1. The summed E-state index contributed by atoms with van der Waals surface area (Å²) in [5.74, 6) is -0.205. The molecule has 0 bridgehead atoms. The highest BCUT2D eigenvalue weighted by Gasteiger charge is 2.42. The Morgan fingerprint density at radius 1 is 1.18 bits per heavy atom. The molecule has 1 aromatic carbocycles. The zero-order valence-corrected chi connectivity index (χ0v) is 22.3. The average Bonchev–Trinajstić information content (AvgIpc) is 3.63. The van der Waals surface area contributed by atoms with Crippen LogP contribution in [0.1, 0.15) is 38.2 Å². The summed E-state index contributed by atoms with van der Waals surface area (Å²) in [6.45, 7) is 3.59. The van der Waals surface area contributed by atoms with E-state index >= 15 is 0 Å². The molecular formula is C28H36N6O5. The number of nitrogens with zero attached hydrogens (tertiary/aromatic N) is 3. The first-order chi connectivity index (χ1) is 18.9. The first-order valence-corrected chi connectivity index (χ1v) is 13.6. The minimum atomic E-state index is -0.599. The minimum Gasteiger partial charge on any atom is -0.381 e. The lowest BCUT2D eigenvalue weighted by Gasteiger charge is -2.36. The van der Waals surface area contributed by atoms with Crippen molar-refractivity contribution in [1.82, 2.24) is 25.8 Å². The molecule has 0 spiro atoms. The van der Waals surface area contributed by atoms with Gasteiger partial charge in [0.15, 0.2) is 0 Å². The van der Waals surface area contributed by atoms with Gasteiger partial charge in [0.25, 0.3) is 5.69 Å². The fourth-order valence-electron chi connectivity index (χ4n) is 5.79. The molecule has 1 aromatic rings. The van der Waals surface area contributed by atoms with Gasteiger partial charge in [-0.3, -0.25) is 19.7 Å². The Balaban J connectivity index is 1.33. The third-order valence-electron chi connectivity index (χ3n) is 8.15. The van der Waals surface area contributed by atoms with Crippen LogP contribution in [0.4, 0.5) is 5.69 Å². The maximum Gasteiger partial charge on any atom is 0.269 e. The molecule has 0 aliphatic carbocycles. The van der Waals surface area contributed by atoms with Gasteiger partial charge in [0.05, 0.1) is 22.7 Å². The maximum absolute atomic E-state index is 14.0. The summed E-state index contributed by atoms with van der Waals surface area (Å²) in [5.41, 5.74) is 2.88. The van der Waals surface area contributed by atoms with E-state index in [2.05, 4.69) is 20.9 Å². The second-order valence-electron chi connectivity index (χ2n) is 10.5. The van der Waals surface area contributed by atoms with E-state index in [4.69, 9.17) is 4.74 Å². The SMILES string of the molecule is CN[C@@H](C)C(=O)NC(C(=O)N1CCCC1C1=CN2C=CC=C(c3ccc([N+](=O)[O-])cc3)C2N1)C1CCOCC1. The van der Waals surface area contributed by atoms with Gasteiger partial charge in [-0.05, 0) is 69.3 Å². The van der Waals surface area contributed by atoms with Crippen LogP contribution in [-0.4, -0.2) is 77.6 Å². The zero-order valence-electron chi connectivity index (χ0n) is 22.3. The van der Waals surface area contributed by atoms with Crippen molar-refractivity contribution in [3.63, 3.8) is 0 Å². The summed E-state index contributed by atoms with van der Waals surface area (Å²) in [4.78, 5) is 41.5. The predicted octanol–water partition coefficient (Wildman–Crippen LogP) is 2.09. The van der Waals surface area contributed by atoms with E-state index in [1.54, 1.807) is 26.1 Å². The van der Waals surface area contributed by atoms with Crippen LogP contribution in [0.2, 0.25) is 0 Å². The Bertz CT molecular complexity index is 1190. The molecule has 4 heterocycles. The number of nitro benzene ring substituents is 1. The molecule has 0 saturated carbocycles. The van der Waals surface area contributed by atoms with Crippen LogP contribution in [0.3, 0.4) is 0 Å². The highest BCUT2D eigenvalue weighted by Crippen LogP contribution is 2.34. The molecule has 4 aliphatic heterocycles. The lowest BCUT2D eigenvalue weighted by atomic mass is 9.90. The number of non-ortho nitro benzene ring substituents is 1. The number of carbonyl (C=O) groups excluding carboxylic acids is 2. The number of carbonyl (C=O) groups is 2. The van der Waals surface area contributed by atoms with E-state index in [0.29, 0.717) is 19.8 Å². The topological polar surface area (TPSA) is 129 Å². The molecule has 11 nitrogen and oxygen atoms in total. The van der Waals surface area contributed by atoms with Gasteiger partial charge in [-0.15, -0.1) is 0 Å². The van der Waals surface area contributed by atoms with Crippen molar-refractivity contribution in [2.24, 2.45) is 5.92 Å². The molecule has 5 rings (SSSR count). The molecule has 208 valence electrons. The summed E-state index contributed by atoms with van der Waals surface area (Å²) in [5, 5.41) is 20.7. The summed E-state index contributed by atoms with van der Waals surface area (Å²) >= 11 is 0. The predicted molar refractivity (Wildman–Crippen MR) is 146 cm³/mol. The monoisotopic (exact) mass is 536 g/mol. The summed E-state index contributed by atoms with van der Waals surface area (Å²) < 4.78 is 5.53. The van der Waals surface area contributed by atoms with Crippen LogP contribution in [0.5, 0.6) is 0 Å². The van der Waals surface area contributed by atoms with Gasteiger partial charge in [-0.25, -0.2) is 0 Å².